The quantitative estimate of drug-likeness (QED) is 0.827. The fraction of sp³-hybridized carbons (Fsp3) is 0.467. The van der Waals surface area contributed by atoms with E-state index in [2.05, 4.69) is 10.6 Å². The molecule has 6 heteroatoms. The highest BCUT2D eigenvalue weighted by molar-refractivity contribution is 6.02. The Balaban J connectivity index is 1.72. The molecule has 1 fully saturated rings. The van der Waals surface area contributed by atoms with Gasteiger partial charge in [0.1, 0.15) is 5.66 Å². The van der Waals surface area contributed by atoms with Gasteiger partial charge in [0, 0.05) is 31.6 Å². The van der Waals surface area contributed by atoms with E-state index in [0.29, 0.717) is 38.1 Å². The first-order valence-electron chi connectivity index (χ1n) is 7.25. The number of para-hydroxylation sites is 1. The zero-order valence-corrected chi connectivity index (χ0v) is 12.0. The van der Waals surface area contributed by atoms with Crippen molar-refractivity contribution in [3.8, 4) is 0 Å². The van der Waals surface area contributed by atoms with E-state index < -0.39 is 5.66 Å². The molecule has 1 aromatic rings. The van der Waals surface area contributed by atoms with Crippen LogP contribution in [0.15, 0.2) is 24.3 Å². The van der Waals surface area contributed by atoms with Crippen molar-refractivity contribution in [3.05, 3.63) is 29.8 Å². The SMILES string of the molecule is CCOC(=O)N1CCC2(CC1)NC(=O)c1ccccc1N2. The second-order valence-electron chi connectivity index (χ2n) is 5.39. The largest absolute Gasteiger partial charge is 0.450 e. The molecule has 0 radical (unpaired) electrons. The van der Waals surface area contributed by atoms with Crippen LogP contribution < -0.4 is 10.6 Å². The number of nitrogens with one attached hydrogen (secondary N) is 2. The highest BCUT2D eigenvalue weighted by Gasteiger charge is 2.41. The lowest BCUT2D eigenvalue weighted by molar-refractivity contribution is 0.0745. The smallest absolute Gasteiger partial charge is 0.409 e. The second kappa shape index (κ2) is 5.27. The van der Waals surface area contributed by atoms with Crippen LogP contribution in [0.5, 0.6) is 0 Å². The van der Waals surface area contributed by atoms with Crippen molar-refractivity contribution in [1.29, 1.82) is 0 Å². The maximum absolute atomic E-state index is 12.2. The van der Waals surface area contributed by atoms with E-state index in [-0.39, 0.29) is 12.0 Å². The Bertz CT molecular complexity index is 565. The van der Waals surface area contributed by atoms with Gasteiger partial charge >= 0.3 is 6.09 Å². The normalized spacial score (nSPS) is 19.5. The molecule has 1 spiro atoms. The van der Waals surface area contributed by atoms with Crippen molar-refractivity contribution < 1.29 is 14.3 Å². The number of benzene rings is 1. The molecule has 0 atom stereocenters. The van der Waals surface area contributed by atoms with E-state index >= 15 is 0 Å². The van der Waals surface area contributed by atoms with E-state index in [0.717, 1.165) is 5.69 Å². The van der Waals surface area contributed by atoms with Gasteiger partial charge in [-0.05, 0) is 19.1 Å². The molecule has 2 aliphatic rings. The van der Waals surface area contributed by atoms with Gasteiger partial charge in [0.2, 0.25) is 0 Å². The summed E-state index contributed by atoms with van der Waals surface area (Å²) in [6, 6.07) is 7.47. The van der Waals surface area contributed by atoms with Crippen LogP contribution in [0.1, 0.15) is 30.1 Å². The van der Waals surface area contributed by atoms with Crippen LogP contribution in [0.4, 0.5) is 10.5 Å². The summed E-state index contributed by atoms with van der Waals surface area (Å²) in [6.45, 7) is 3.30. The minimum Gasteiger partial charge on any atom is -0.450 e. The van der Waals surface area contributed by atoms with Gasteiger partial charge in [0.05, 0.1) is 12.2 Å². The minimum absolute atomic E-state index is 0.0612. The molecular formula is C15H19N3O3. The van der Waals surface area contributed by atoms with Crippen molar-refractivity contribution >= 4 is 17.7 Å². The number of hydrogen-bond donors (Lipinski definition) is 2. The maximum atomic E-state index is 12.2. The van der Waals surface area contributed by atoms with Crippen LogP contribution in [0, 0.1) is 0 Å². The summed E-state index contributed by atoms with van der Waals surface area (Å²) in [5.41, 5.74) is 1.05. The van der Waals surface area contributed by atoms with Crippen molar-refractivity contribution in [2.75, 3.05) is 25.0 Å². The molecule has 112 valence electrons. The number of piperidine rings is 1. The molecule has 1 saturated heterocycles. The monoisotopic (exact) mass is 289 g/mol. The van der Waals surface area contributed by atoms with Crippen LogP contribution in [-0.4, -0.2) is 42.3 Å². The highest BCUT2D eigenvalue weighted by Crippen LogP contribution is 2.31. The predicted molar refractivity (Wildman–Crippen MR) is 78.1 cm³/mol. The highest BCUT2D eigenvalue weighted by atomic mass is 16.6. The van der Waals surface area contributed by atoms with Crippen molar-refractivity contribution in [1.82, 2.24) is 10.2 Å². The fourth-order valence-electron chi connectivity index (χ4n) is 2.90. The lowest BCUT2D eigenvalue weighted by Crippen LogP contribution is -2.62. The summed E-state index contributed by atoms with van der Waals surface area (Å²) < 4.78 is 5.01. The summed E-state index contributed by atoms with van der Waals surface area (Å²) in [7, 11) is 0. The Hall–Kier alpha value is -2.24. The molecule has 2 N–H and O–H groups in total. The molecule has 0 aliphatic carbocycles. The molecule has 2 amide bonds. The number of ether oxygens (including phenoxy) is 1. The molecule has 2 aliphatic heterocycles. The standard InChI is InChI=1S/C15H19N3O3/c1-2-21-14(20)18-9-7-15(8-10-18)16-12-6-4-3-5-11(12)13(19)17-15/h3-6,16H,2,7-10H2,1H3,(H,17,19). The number of anilines is 1. The Morgan fingerprint density at radius 2 is 2.00 bits per heavy atom. The van der Waals surface area contributed by atoms with Crippen LogP contribution in [0.25, 0.3) is 0 Å². The first-order valence-corrected chi connectivity index (χ1v) is 7.25. The second-order valence-corrected chi connectivity index (χ2v) is 5.39. The zero-order chi connectivity index (χ0) is 14.9. The van der Waals surface area contributed by atoms with Gasteiger partial charge in [-0.25, -0.2) is 4.79 Å². The van der Waals surface area contributed by atoms with E-state index in [4.69, 9.17) is 4.74 Å². The maximum Gasteiger partial charge on any atom is 0.409 e. The Labute approximate surface area is 123 Å². The van der Waals surface area contributed by atoms with E-state index in [1.165, 1.54) is 0 Å². The van der Waals surface area contributed by atoms with Gasteiger partial charge < -0.3 is 20.3 Å². The fourth-order valence-corrected chi connectivity index (χ4v) is 2.90. The number of hydrogen-bond acceptors (Lipinski definition) is 4. The summed E-state index contributed by atoms with van der Waals surface area (Å²) in [4.78, 5) is 25.6. The van der Waals surface area contributed by atoms with Crippen LogP contribution in [-0.2, 0) is 4.74 Å². The van der Waals surface area contributed by atoms with Gasteiger partial charge in [-0.15, -0.1) is 0 Å². The molecular weight excluding hydrogens is 270 g/mol. The summed E-state index contributed by atoms with van der Waals surface area (Å²) in [5, 5.41) is 6.47. The lowest BCUT2D eigenvalue weighted by Gasteiger charge is -2.45. The summed E-state index contributed by atoms with van der Waals surface area (Å²) in [5.74, 6) is -0.0612. The van der Waals surface area contributed by atoms with Gasteiger partial charge in [0.15, 0.2) is 0 Å². The Kier molecular flexibility index (Phi) is 3.45. The van der Waals surface area contributed by atoms with Crippen molar-refractivity contribution in [3.63, 3.8) is 0 Å². The van der Waals surface area contributed by atoms with Gasteiger partial charge in [-0.1, -0.05) is 12.1 Å². The van der Waals surface area contributed by atoms with Crippen LogP contribution in [0.2, 0.25) is 0 Å². The van der Waals surface area contributed by atoms with E-state index in [1.54, 1.807) is 17.9 Å². The molecule has 6 nitrogen and oxygen atoms in total. The Morgan fingerprint density at radius 3 is 2.71 bits per heavy atom. The molecule has 0 bridgehead atoms. The average Bonchev–Trinajstić information content (AvgIpc) is 2.48. The van der Waals surface area contributed by atoms with Gasteiger partial charge in [-0.3, -0.25) is 4.79 Å². The third-order valence-corrected chi connectivity index (χ3v) is 4.04. The van der Waals surface area contributed by atoms with Gasteiger partial charge in [0.25, 0.3) is 5.91 Å². The number of fused-ring (bicyclic) bond motifs is 1. The first kappa shape index (κ1) is 13.7. The molecule has 21 heavy (non-hydrogen) atoms. The summed E-state index contributed by atoms with van der Waals surface area (Å²) in [6.07, 6.45) is 1.03. The molecule has 0 aromatic heterocycles. The number of carbonyl (C=O) groups is 2. The van der Waals surface area contributed by atoms with Crippen molar-refractivity contribution in [2.45, 2.75) is 25.4 Å². The average molecular weight is 289 g/mol. The molecule has 0 unspecified atom stereocenters. The molecule has 3 rings (SSSR count). The molecule has 0 saturated carbocycles. The topological polar surface area (TPSA) is 70.7 Å². The molecule has 1 aromatic carbocycles. The third-order valence-electron chi connectivity index (χ3n) is 4.04. The first-order chi connectivity index (χ1) is 10.1. The Morgan fingerprint density at radius 1 is 1.29 bits per heavy atom. The van der Waals surface area contributed by atoms with E-state index in [9.17, 15) is 9.59 Å². The predicted octanol–water partition coefficient (Wildman–Crippen LogP) is 1.79. The summed E-state index contributed by atoms with van der Waals surface area (Å²) >= 11 is 0. The number of nitrogens with zero attached hydrogens (tertiary/aromatic N) is 1. The van der Waals surface area contributed by atoms with Crippen molar-refractivity contribution in [2.24, 2.45) is 0 Å². The van der Waals surface area contributed by atoms with Crippen LogP contribution in [0.3, 0.4) is 0 Å². The van der Waals surface area contributed by atoms with Gasteiger partial charge in [-0.2, -0.15) is 0 Å². The number of carbonyl (C=O) groups excluding carboxylic acids is 2. The lowest BCUT2D eigenvalue weighted by atomic mass is 9.92. The number of rotatable bonds is 1. The number of likely N-dealkylation sites (tertiary alicyclic amines) is 1. The molecule has 2 heterocycles. The number of amides is 2. The third kappa shape index (κ3) is 2.53. The minimum atomic E-state index is -0.464. The van der Waals surface area contributed by atoms with E-state index in [1.807, 2.05) is 18.2 Å². The zero-order valence-electron chi connectivity index (χ0n) is 12.0. The van der Waals surface area contributed by atoms with Crippen LogP contribution >= 0.6 is 0 Å².